The van der Waals surface area contributed by atoms with E-state index in [-0.39, 0.29) is 12.1 Å². The number of carboxylic acid groups (broad SMARTS) is 1. The van der Waals surface area contributed by atoms with Gasteiger partial charge in [-0.2, -0.15) is 0 Å². The monoisotopic (exact) mass is 223 g/mol. The SMILES string of the molecule is C=CCC(NC(=O)c1cn(C)cn1)C(=O)O. The molecule has 6 nitrogen and oxygen atoms in total. The van der Waals surface area contributed by atoms with E-state index in [9.17, 15) is 9.59 Å². The Morgan fingerprint density at radius 1 is 1.75 bits per heavy atom. The molecular weight excluding hydrogens is 210 g/mol. The van der Waals surface area contributed by atoms with Crippen LogP contribution in [0, 0.1) is 0 Å². The van der Waals surface area contributed by atoms with E-state index in [1.54, 1.807) is 11.6 Å². The Labute approximate surface area is 92.6 Å². The first-order valence-corrected chi connectivity index (χ1v) is 4.67. The predicted molar refractivity (Wildman–Crippen MR) is 56.9 cm³/mol. The van der Waals surface area contributed by atoms with E-state index in [4.69, 9.17) is 5.11 Å². The molecule has 16 heavy (non-hydrogen) atoms. The third kappa shape index (κ3) is 2.94. The van der Waals surface area contributed by atoms with E-state index < -0.39 is 17.9 Å². The number of aliphatic carboxylic acids is 1. The maximum Gasteiger partial charge on any atom is 0.326 e. The van der Waals surface area contributed by atoms with Crippen LogP contribution in [0.5, 0.6) is 0 Å². The second-order valence-electron chi connectivity index (χ2n) is 3.31. The van der Waals surface area contributed by atoms with Crippen LogP contribution in [0.4, 0.5) is 0 Å². The molecule has 1 atom stereocenters. The fourth-order valence-electron chi connectivity index (χ4n) is 1.15. The van der Waals surface area contributed by atoms with E-state index in [1.807, 2.05) is 0 Å². The van der Waals surface area contributed by atoms with Crippen molar-refractivity contribution in [2.45, 2.75) is 12.5 Å². The van der Waals surface area contributed by atoms with E-state index in [2.05, 4.69) is 16.9 Å². The van der Waals surface area contributed by atoms with Crippen molar-refractivity contribution in [3.63, 3.8) is 0 Å². The topological polar surface area (TPSA) is 84.2 Å². The summed E-state index contributed by atoms with van der Waals surface area (Å²) in [4.78, 5) is 26.2. The van der Waals surface area contributed by atoms with Gasteiger partial charge in [0.05, 0.1) is 6.33 Å². The largest absolute Gasteiger partial charge is 0.480 e. The fourth-order valence-corrected chi connectivity index (χ4v) is 1.15. The number of hydrogen-bond acceptors (Lipinski definition) is 3. The van der Waals surface area contributed by atoms with Gasteiger partial charge in [-0.1, -0.05) is 6.08 Å². The van der Waals surface area contributed by atoms with Crippen molar-refractivity contribution < 1.29 is 14.7 Å². The molecule has 0 fully saturated rings. The Morgan fingerprint density at radius 3 is 2.88 bits per heavy atom. The number of nitrogens with zero attached hydrogens (tertiary/aromatic N) is 2. The number of rotatable bonds is 5. The summed E-state index contributed by atoms with van der Waals surface area (Å²) in [6.45, 7) is 3.43. The lowest BCUT2D eigenvalue weighted by molar-refractivity contribution is -0.139. The molecule has 0 aromatic carbocycles. The number of nitrogens with one attached hydrogen (secondary N) is 1. The first-order valence-electron chi connectivity index (χ1n) is 4.67. The van der Waals surface area contributed by atoms with Crippen molar-refractivity contribution in [1.29, 1.82) is 0 Å². The van der Waals surface area contributed by atoms with Gasteiger partial charge in [-0.15, -0.1) is 6.58 Å². The molecule has 0 saturated heterocycles. The van der Waals surface area contributed by atoms with Crippen LogP contribution in [0.1, 0.15) is 16.9 Å². The summed E-state index contributed by atoms with van der Waals surface area (Å²) in [6.07, 6.45) is 4.60. The van der Waals surface area contributed by atoms with Gasteiger partial charge in [0.25, 0.3) is 5.91 Å². The average Bonchev–Trinajstić information content (AvgIpc) is 2.64. The molecule has 1 rings (SSSR count). The van der Waals surface area contributed by atoms with Crippen LogP contribution in [-0.2, 0) is 11.8 Å². The van der Waals surface area contributed by atoms with Crippen molar-refractivity contribution in [3.8, 4) is 0 Å². The number of amides is 1. The van der Waals surface area contributed by atoms with E-state index in [0.717, 1.165) is 0 Å². The summed E-state index contributed by atoms with van der Waals surface area (Å²) in [5.41, 5.74) is 0.192. The van der Waals surface area contributed by atoms with Crippen LogP contribution in [0.3, 0.4) is 0 Å². The summed E-state index contributed by atoms with van der Waals surface area (Å²) in [5.74, 6) is -1.60. The number of carboxylic acids is 1. The molecule has 0 bridgehead atoms. The van der Waals surface area contributed by atoms with Crippen molar-refractivity contribution in [2.75, 3.05) is 0 Å². The first-order chi connectivity index (χ1) is 7.54. The van der Waals surface area contributed by atoms with Crippen molar-refractivity contribution in [2.24, 2.45) is 7.05 Å². The van der Waals surface area contributed by atoms with Gasteiger partial charge < -0.3 is 15.0 Å². The lowest BCUT2D eigenvalue weighted by Gasteiger charge is -2.10. The molecule has 0 saturated carbocycles. The minimum absolute atomic E-state index is 0.175. The highest BCUT2D eigenvalue weighted by Gasteiger charge is 2.20. The third-order valence-electron chi connectivity index (χ3n) is 1.94. The maximum atomic E-state index is 11.6. The molecular formula is C10H13N3O3. The normalized spacial score (nSPS) is 11.8. The number of carbonyl (C=O) groups is 2. The number of aryl methyl sites for hydroxylation is 1. The Morgan fingerprint density at radius 2 is 2.44 bits per heavy atom. The van der Waals surface area contributed by atoms with Crippen LogP contribution in [0.25, 0.3) is 0 Å². The molecule has 1 heterocycles. The molecule has 0 aliphatic rings. The number of imidazole rings is 1. The Bertz CT molecular complexity index is 411. The van der Waals surface area contributed by atoms with Gasteiger partial charge in [-0.05, 0) is 6.42 Å². The highest BCUT2D eigenvalue weighted by atomic mass is 16.4. The lowest BCUT2D eigenvalue weighted by atomic mass is 10.2. The molecule has 1 aromatic rings. The van der Waals surface area contributed by atoms with Gasteiger partial charge in [0.1, 0.15) is 11.7 Å². The molecule has 0 spiro atoms. The summed E-state index contributed by atoms with van der Waals surface area (Å²) in [6, 6.07) is -0.966. The smallest absolute Gasteiger partial charge is 0.326 e. The average molecular weight is 223 g/mol. The molecule has 6 heteroatoms. The first kappa shape index (κ1) is 12.0. The molecule has 2 N–H and O–H groups in total. The van der Waals surface area contributed by atoms with Crippen molar-refractivity contribution >= 4 is 11.9 Å². The molecule has 0 radical (unpaired) electrons. The van der Waals surface area contributed by atoms with Gasteiger partial charge in [-0.25, -0.2) is 9.78 Å². The van der Waals surface area contributed by atoms with Gasteiger partial charge in [0, 0.05) is 13.2 Å². The minimum Gasteiger partial charge on any atom is -0.480 e. The van der Waals surface area contributed by atoms with Crippen LogP contribution < -0.4 is 5.32 Å². The fraction of sp³-hybridized carbons (Fsp3) is 0.300. The van der Waals surface area contributed by atoms with Gasteiger partial charge in [-0.3, -0.25) is 4.79 Å². The van der Waals surface area contributed by atoms with Crippen LogP contribution >= 0.6 is 0 Å². The molecule has 86 valence electrons. The summed E-state index contributed by atoms with van der Waals surface area (Å²) < 4.78 is 1.61. The number of hydrogen-bond donors (Lipinski definition) is 2. The molecule has 1 unspecified atom stereocenters. The highest BCUT2D eigenvalue weighted by Crippen LogP contribution is 1.98. The zero-order valence-corrected chi connectivity index (χ0v) is 8.88. The molecule has 0 aliphatic carbocycles. The summed E-state index contributed by atoms with van der Waals surface area (Å²) >= 11 is 0. The lowest BCUT2D eigenvalue weighted by Crippen LogP contribution is -2.40. The predicted octanol–water partition coefficient (Wildman–Crippen LogP) is 0.179. The molecule has 1 aromatic heterocycles. The van der Waals surface area contributed by atoms with Crippen LogP contribution in [-0.4, -0.2) is 32.6 Å². The Balaban J connectivity index is 2.68. The Kier molecular flexibility index (Phi) is 3.82. The van der Waals surface area contributed by atoms with Crippen LogP contribution in [0.2, 0.25) is 0 Å². The number of aromatic nitrogens is 2. The standard InChI is InChI=1S/C10H13N3O3/c1-3-4-7(10(15)16)12-9(14)8-5-13(2)6-11-8/h3,5-7H,1,4H2,2H3,(H,12,14)(H,15,16). The quantitative estimate of drug-likeness (QED) is 0.697. The van der Waals surface area contributed by atoms with Crippen molar-refractivity contribution in [1.82, 2.24) is 14.9 Å². The van der Waals surface area contributed by atoms with E-state index in [1.165, 1.54) is 18.6 Å². The van der Waals surface area contributed by atoms with Gasteiger partial charge in [0.15, 0.2) is 0 Å². The second-order valence-corrected chi connectivity index (χ2v) is 3.31. The summed E-state index contributed by atoms with van der Waals surface area (Å²) in [7, 11) is 1.72. The maximum absolute atomic E-state index is 11.6. The van der Waals surface area contributed by atoms with Crippen LogP contribution in [0.15, 0.2) is 25.2 Å². The second kappa shape index (κ2) is 5.11. The number of carbonyl (C=O) groups excluding carboxylic acids is 1. The van der Waals surface area contributed by atoms with Gasteiger partial charge >= 0.3 is 5.97 Å². The van der Waals surface area contributed by atoms with E-state index in [0.29, 0.717) is 0 Å². The highest BCUT2D eigenvalue weighted by molar-refractivity contribution is 5.94. The Hall–Kier alpha value is -2.11. The molecule has 0 aliphatic heterocycles. The van der Waals surface area contributed by atoms with Gasteiger partial charge in [0.2, 0.25) is 0 Å². The zero-order chi connectivity index (χ0) is 12.1. The third-order valence-corrected chi connectivity index (χ3v) is 1.94. The van der Waals surface area contributed by atoms with Crippen molar-refractivity contribution in [3.05, 3.63) is 30.9 Å². The summed E-state index contributed by atoms with van der Waals surface area (Å²) in [5, 5.41) is 11.2. The minimum atomic E-state index is -1.09. The molecule has 1 amide bonds. The zero-order valence-electron chi connectivity index (χ0n) is 8.88. The van der Waals surface area contributed by atoms with E-state index >= 15 is 0 Å².